The second-order valence-corrected chi connectivity index (χ2v) is 5.85. The molecule has 0 amide bonds. The van der Waals surface area contributed by atoms with Crippen molar-refractivity contribution in [3.05, 3.63) is 0 Å². The van der Waals surface area contributed by atoms with Crippen LogP contribution in [-0.4, -0.2) is 37.4 Å². The molecule has 0 aromatic carbocycles. The van der Waals surface area contributed by atoms with Gasteiger partial charge in [-0.1, -0.05) is 15.9 Å². The maximum atomic E-state index is 12.0. The molecular weight excluding hydrogens is 313 g/mol. The first kappa shape index (κ1) is 14.6. The lowest BCUT2D eigenvalue weighted by Gasteiger charge is -2.32. The molecule has 0 radical (unpaired) electrons. The Morgan fingerprint density at radius 2 is 2.06 bits per heavy atom. The van der Waals surface area contributed by atoms with Crippen LogP contribution >= 0.6 is 15.9 Å². The monoisotopic (exact) mass is 330 g/mol. The zero-order valence-corrected chi connectivity index (χ0v) is 11.7. The van der Waals surface area contributed by atoms with Gasteiger partial charge in [-0.25, -0.2) is 0 Å². The molecule has 2 unspecified atom stereocenters. The van der Waals surface area contributed by atoms with E-state index in [1.54, 1.807) is 0 Å². The highest BCUT2D eigenvalue weighted by Crippen LogP contribution is 2.50. The van der Waals surface area contributed by atoms with Crippen molar-refractivity contribution in [2.75, 3.05) is 25.2 Å². The third kappa shape index (κ3) is 3.61. The second kappa shape index (κ2) is 5.67. The average molecular weight is 331 g/mol. The van der Waals surface area contributed by atoms with Gasteiger partial charge in [0.2, 0.25) is 0 Å². The Morgan fingerprint density at radius 3 is 2.61 bits per heavy atom. The topological polar surface area (TPSA) is 18.5 Å². The Bertz CT molecular complexity index is 281. The van der Waals surface area contributed by atoms with Crippen LogP contribution in [0.3, 0.4) is 0 Å². The summed E-state index contributed by atoms with van der Waals surface area (Å²) < 4.78 is 46.5. The van der Waals surface area contributed by atoms with Crippen molar-refractivity contribution in [1.82, 2.24) is 0 Å². The number of hydrogen-bond acceptors (Lipinski definition) is 2. The standard InChI is InChI=1S/C12H18BrF3O2/c13-7-11(3-5-17-8-12(14,15)16)4-6-18-10(11)9-1-2-9/h9-10H,1-8H2. The minimum Gasteiger partial charge on any atom is -0.377 e. The maximum Gasteiger partial charge on any atom is 0.411 e. The fourth-order valence-corrected chi connectivity index (χ4v) is 3.56. The molecule has 2 fully saturated rings. The molecule has 0 aromatic heterocycles. The highest BCUT2D eigenvalue weighted by Gasteiger charge is 2.50. The molecule has 1 aliphatic carbocycles. The zero-order valence-electron chi connectivity index (χ0n) is 10.1. The molecule has 1 heterocycles. The van der Waals surface area contributed by atoms with E-state index in [1.165, 1.54) is 12.8 Å². The highest BCUT2D eigenvalue weighted by atomic mass is 79.9. The van der Waals surface area contributed by atoms with Crippen molar-refractivity contribution in [3.8, 4) is 0 Å². The second-order valence-electron chi connectivity index (χ2n) is 5.29. The smallest absolute Gasteiger partial charge is 0.377 e. The van der Waals surface area contributed by atoms with E-state index in [-0.39, 0.29) is 18.1 Å². The van der Waals surface area contributed by atoms with Gasteiger partial charge < -0.3 is 9.47 Å². The molecule has 0 aromatic rings. The Balaban J connectivity index is 1.80. The van der Waals surface area contributed by atoms with Gasteiger partial charge in [0.25, 0.3) is 0 Å². The summed E-state index contributed by atoms with van der Waals surface area (Å²) in [6, 6.07) is 0. The van der Waals surface area contributed by atoms with Crippen LogP contribution < -0.4 is 0 Å². The van der Waals surface area contributed by atoms with Crippen LogP contribution in [0.5, 0.6) is 0 Å². The Morgan fingerprint density at radius 1 is 1.33 bits per heavy atom. The number of halogens is 4. The van der Waals surface area contributed by atoms with Crippen molar-refractivity contribution in [3.63, 3.8) is 0 Å². The minimum absolute atomic E-state index is 0.0350. The van der Waals surface area contributed by atoms with E-state index in [0.29, 0.717) is 18.9 Å². The van der Waals surface area contributed by atoms with Crippen LogP contribution in [0.15, 0.2) is 0 Å². The highest BCUT2D eigenvalue weighted by molar-refractivity contribution is 9.09. The SMILES string of the molecule is FC(F)(F)COCCC1(CBr)CCOC1C1CC1. The summed E-state index contributed by atoms with van der Waals surface area (Å²) in [5.41, 5.74) is -0.0350. The third-order valence-corrected chi connectivity index (χ3v) is 4.94. The molecule has 0 spiro atoms. The molecule has 2 nitrogen and oxygen atoms in total. The molecule has 1 saturated carbocycles. The van der Waals surface area contributed by atoms with Crippen molar-refractivity contribution in [2.24, 2.45) is 11.3 Å². The van der Waals surface area contributed by atoms with Gasteiger partial charge in [-0.2, -0.15) is 13.2 Å². The van der Waals surface area contributed by atoms with Crippen molar-refractivity contribution in [1.29, 1.82) is 0 Å². The predicted molar refractivity (Wildman–Crippen MR) is 64.8 cm³/mol. The van der Waals surface area contributed by atoms with Crippen LogP contribution in [-0.2, 0) is 9.47 Å². The Labute approximate surface area is 113 Å². The van der Waals surface area contributed by atoms with E-state index >= 15 is 0 Å². The van der Waals surface area contributed by atoms with Crippen LogP contribution in [0.2, 0.25) is 0 Å². The molecule has 1 aliphatic heterocycles. The first-order valence-corrected chi connectivity index (χ1v) is 7.41. The van der Waals surface area contributed by atoms with Gasteiger partial charge in [-0.3, -0.25) is 0 Å². The van der Waals surface area contributed by atoms with Crippen LogP contribution in [0.1, 0.15) is 25.7 Å². The number of ether oxygens (including phenoxy) is 2. The lowest BCUT2D eigenvalue weighted by molar-refractivity contribution is -0.175. The molecule has 6 heteroatoms. The van der Waals surface area contributed by atoms with Gasteiger partial charge in [0, 0.05) is 24.0 Å². The van der Waals surface area contributed by atoms with Gasteiger partial charge in [0.15, 0.2) is 0 Å². The van der Waals surface area contributed by atoms with E-state index in [9.17, 15) is 13.2 Å². The molecule has 2 atom stereocenters. The number of alkyl halides is 4. The summed E-state index contributed by atoms with van der Waals surface area (Å²) in [5, 5.41) is 0.774. The van der Waals surface area contributed by atoms with Gasteiger partial charge in [0.1, 0.15) is 6.61 Å². The Kier molecular flexibility index (Phi) is 4.60. The number of rotatable bonds is 6. The van der Waals surface area contributed by atoms with Crippen LogP contribution in [0.4, 0.5) is 13.2 Å². The summed E-state index contributed by atoms with van der Waals surface area (Å²) in [6.45, 7) is -0.288. The molecular formula is C12H18BrF3O2. The van der Waals surface area contributed by atoms with E-state index in [0.717, 1.165) is 11.8 Å². The van der Waals surface area contributed by atoms with Gasteiger partial charge in [-0.15, -0.1) is 0 Å². The third-order valence-electron chi connectivity index (χ3n) is 3.83. The first-order chi connectivity index (χ1) is 8.47. The summed E-state index contributed by atoms with van der Waals surface area (Å²) in [6.07, 6.45) is -0.120. The first-order valence-electron chi connectivity index (χ1n) is 6.29. The van der Waals surface area contributed by atoms with E-state index in [1.807, 2.05) is 0 Å². The fraction of sp³-hybridized carbons (Fsp3) is 1.00. The largest absolute Gasteiger partial charge is 0.411 e. The van der Waals surface area contributed by atoms with Crippen molar-refractivity contribution < 1.29 is 22.6 Å². The lowest BCUT2D eigenvalue weighted by atomic mass is 9.78. The zero-order chi connectivity index (χ0) is 13.2. The van der Waals surface area contributed by atoms with E-state index in [2.05, 4.69) is 15.9 Å². The molecule has 0 N–H and O–H groups in total. The van der Waals surface area contributed by atoms with E-state index in [4.69, 9.17) is 9.47 Å². The summed E-state index contributed by atoms with van der Waals surface area (Å²) in [5.74, 6) is 0.604. The molecule has 2 rings (SSSR count). The lowest BCUT2D eigenvalue weighted by Crippen LogP contribution is -2.36. The van der Waals surface area contributed by atoms with Crippen molar-refractivity contribution >= 4 is 15.9 Å². The van der Waals surface area contributed by atoms with E-state index < -0.39 is 12.8 Å². The van der Waals surface area contributed by atoms with Gasteiger partial charge in [0.05, 0.1) is 6.10 Å². The maximum absolute atomic E-state index is 12.0. The summed E-state index contributed by atoms with van der Waals surface area (Å²) in [4.78, 5) is 0. The normalized spacial score (nSPS) is 33.0. The molecule has 2 aliphatic rings. The molecule has 18 heavy (non-hydrogen) atoms. The number of hydrogen-bond donors (Lipinski definition) is 0. The van der Waals surface area contributed by atoms with Crippen LogP contribution in [0.25, 0.3) is 0 Å². The summed E-state index contributed by atoms with van der Waals surface area (Å²) >= 11 is 3.50. The van der Waals surface area contributed by atoms with Gasteiger partial charge in [-0.05, 0) is 31.6 Å². The van der Waals surface area contributed by atoms with Crippen molar-refractivity contribution in [2.45, 2.75) is 38.0 Å². The predicted octanol–water partition coefficient (Wildman–Crippen LogP) is 3.54. The fourth-order valence-electron chi connectivity index (χ4n) is 2.68. The molecule has 1 saturated heterocycles. The van der Waals surface area contributed by atoms with Crippen LogP contribution in [0, 0.1) is 11.3 Å². The quantitative estimate of drug-likeness (QED) is 0.548. The average Bonchev–Trinajstić information content (AvgIpc) is 3.05. The minimum atomic E-state index is -4.23. The molecule has 106 valence electrons. The van der Waals surface area contributed by atoms with Gasteiger partial charge >= 0.3 is 6.18 Å². The molecule has 0 bridgehead atoms. The Hall–Kier alpha value is 0.190. The summed E-state index contributed by atoms with van der Waals surface area (Å²) in [7, 11) is 0.